The summed E-state index contributed by atoms with van der Waals surface area (Å²) in [6.07, 6.45) is 1.07. The lowest BCUT2D eigenvalue weighted by atomic mass is 10.1. The Kier molecular flexibility index (Phi) is 5.78. The molecule has 0 radical (unpaired) electrons. The van der Waals surface area contributed by atoms with Crippen LogP contribution in [0.5, 0.6) is 0 Å². The zero-order valence-electron chi connectivity index (χ0n) is 15.1. The molecule has 2 aromatic rings. The molecule has 0 saturated carbocycles. The number of carbonyl (C=O) groups excluding carboxylic acids is 1. The van der Waals surface area contributed by atoms with Crippen molar-refractivity contribution >= 4 is 28.4 Å². The van der Waals surface area contributed by atoms with Gasteiger partial charge in [0, 0.05) is 37.5 Å². The van der Waals surface area contributed by atoms with Gasteiger partial charge in [-0.2, -0.15) is 11.8 Å². The summed E-state index contributed by atoms with van der Waals surface area (Å²) in [6, 6.07) is 14.6. The summed E-state index contributed by atoms with van der Waals surface area (Å²) in [4.78, 5) is 17.9. The van der Waals surface area contributed by atoms with Crippen molar-refractivity contribution in [2.75, 3.05) is 50.9 Å². The molecule has 5 heteroatoms. The minimum atomic E-state index is 0.177. The van der Waals surface area contributed by atoms with Gasteiger partial charge in [-0.05, 0) is 35.1 Å². The van der Waals surface area contributed by atoms with E-state index in [0.717, 1.165) is 68.3 Å². The van der Waals surface area contributed by atoms with Crippen LogP contribution < -0.4 is 0 Å². The molecule has 0 N–H and O–H groups in total. The monoisotopic (exact) mass is 370 g/mol. The molecule has 2 fully saturated rings. The van der Waals surface area contributed by atoms with Crippen molar-refractivity contribution in [1.82, 2.24) is 9.80 Å². The number of carbonyl (C=O) groups is 1. The standard InChI is InChI=1S/C21H26N2O2S/c24-21(19-7-6-17-4-1-2-5-18(17)14-19)23-8-3-13-26-16-20(23)15-22-9-11-25-12-10-22/h1-2,4-7,14,20H,3,8-13,15-16H2. The molecule has 0 aliphatic carbocycles. The highest BCUT2D eigenvalue weighted by Crippen LogP contribution is 2.22. The third-order valence-corrected chi connectivity index (χ3v) is 6.47. The predicted octanol–water partition coefficient (Wildman–Crippen LogP) is 3.12. The van der Waals surface area contributed by atoms with Crippen molar-refractivity contribution in [3.63, 3.8) is 0 Å². The van der Waals surface area contributed by atoms with Crippen molar-refractivity contribution in [1.29, 1.82) is 0 Å². The Balaban J connectivity index is 1.55. The number of thioether (sulfide) groups is 1. The van der Waals surface area contributed by atoms with E-state index in [1.807, 2.05) is 36.0 Å². The molecule has 0 bridgehead atoms. The first-order chi connectivity index (χ1) is 12.8. The molecule has 0 aromatic heterocycles. The first-order valence-electron chi connectivity index (χ1n) is 9.49. The van der Waals surface area contributed by atoms with Gasteiger partial charge in [0.2, 0.25) is 0 Å². The second kappa shape index (κ2) is 8.42. The van der Waals surface area contributed by atoms with E-state index in [0.29, 0.717) is 0 Å². The minimum Gasteiger partial charge on any atom is -0.379 e. The number of hydrogen-bond donors (Lipinski definition) is 0. The van der Waals surface area contributed by atoms with Gasteiger partial charge in [-0.1, -0.05) is 30.3 Å². The fourth-order valence-electron chi connectivity index (χ4n) is 3.82. The number of morpholine rings is 1. The number of rotatable bonds is 3. The fourth-order valence-corrected chi connectivity index (χ4v) is 4.87. The van der Waals surface area contributed by atoms with Crippen LogP contribution in [-0.2, 0) is 4.74 Å². The molecule has 26 heavy (non-hydrogen) atoms. The van der Waals surface area contributed by atoms with E-state index in [9.17, 15) is 4.79 Å². The summed E-state index contributed by atoms with van der Waals surface area (Å²) in [5.41, 5.74) is 0.808. The summed E-state index contributed by atoms with van der Waals surface area (Å²) >= 11 is 1.98. The predicted molar refractivity (Wildman–Crippen MR) is 108 cm³/mol. The largest absolute Gasteiger partial charge is 0.379 e. The van der Waals surface area contributed by atoms with E-state index in [1.54, 1.807) is 0 Å². The lowest BCUT2D eigenvalue weighted by Crippen LogP contribution is -2.50. The third kappa shape index (κ3) is 4.05. The topological polar surface area (TPSA) is 32.8 Å². The van der Waals surface area contributed by atoms with Crippen LogP contribution in [0, 0.1) is 0 Å². The van der Waals surface area contributed by atoms with Gasteiger partial charge >= 0.3 is 0 Å². The molecule has 2 aliphatic heterocycles. The number of benzene rings is 2. The summed E-state index contributed by atoms with van der Waals surface area (Å²) in [7, 11) is 0. The Morgan fingerprint density at radius 1 is 1.08 bits per heavy atom. The number of ether oxygens (including phenoxy) is 1. The zero-order chi connectivity index (χ0) is 17.8. The summed E-state index contributed by atoms with van der Waals surface area (Å²) < 4.78 is 5.47. The van der Waals surface area contributed by atoms with Crippen LogP contribution in [0.25, 0.3) is 10.8 Å². The second-order valence-corrected chi connectivity index (χ2v) is 8.21. The van der Waals surface area contributed by atoms with E-state index in [4.69, 9.17) is 4.74 Å². The lowest BCUT2D eigenvalue weighted by molar-refractivity contribution is 0.0245. The van der Waals surface area contributed by atoms with E-state index in [2.05, 4.69) is 28.0 Å². The van der Waals surface area contributed by atoms with Gasteiger partial charge in [0.15, 0.2) is 0 Å². The average Bonchev–Trinajstić information content (AvgIpc) is 2.93. The van der Waals surface area contributed by atoms with Gasteiger partial charge in [-0.25, -0.2) is 0 Å². The van der Waals surface area contributed by atoms with E-state index >= 15 is 0 Å². The Bertz CT molecular complexity index is 761. The maximum Gasteiger partial charge on any atom is 0.254 e. The maximum absolute atomic E-state index is 13.3. The van der Waals surface area contributed by atoms with Crippen LogP contribution in [-0.4, -0.2) is 72.6 Å². The Morgan fingerprint density at radius 3 is 2.73 bits per heavy atom. The van der Waals surface area contributed by atoms with Crippen molar-refractivity contribution in [2.45, 2.75) is 12.5 Å². The molecule has 138 valence electrons. The second-order valence-electron chi connectivity index (χ2n) is 7.06. The van der Waals surface area contributed by atoms with Crippen molar-refractivity contribution in [2.24, 2.45) is 0 Å². The van der Waals surface area contributed by atoms with Gasteiger partial charge in [0.25, 0.3) is 5.91 Å². The molecule has 2 heterocycles. The number of amides is 1. The minimum absolute atomic E-state index is 0.177. The van der Waals surface area contributed by atoms with Crippen molar-refractivity contribution < 1.29 is 9.53 Å². The SMILES string of the molecule is O=C(c1ccc2ccccc2c1)N1CCCSCC1CN1CCOCC1. The highest BCUT2D eigenvalue weighted by Gasteiger charge is 2.28. The molecule has 4 nitrogen and oxygen atoms in total. The van der Waals surface area contributed by atoms with Crippen molar-refractivity contribution in [3.05, 3.63) is 48.0 Å². The number of fused-ring (bicyclic) bond motifs is 1. The van der Waals surface area contributed by atoms with Crippen LogP contribution in [0.2, 0.25) is 0 Å². The fraction of sp³-hybridized carbons (Fsp3) is 0.476. The number of nitrogens with zero attached hydrogens (tertiary/aromatic N) is 2. The first-order valence-corrected chi connectivity index (χ1v) is 10.6. The highest BCUT2D eigenvalue weighted by atomic mass is 32.2. The van der Waals surface area contributed by atoms with E-state index < -0.39 is 0 Å². The van der Waals surface area contributed by atoms with Crippen LogP contribution in [0.4, 0.5) is 0 Å². The number of hydrogen-bond acceptors (Lipinski definition) is 4. The van der Waals surface area contributed by atoms with E-state index in [-0.39, 0.29) is 11.9 Å². The van der Waals surface area contributed by atoms with Crippen LogP contribution in [0.1, 0.15) is 16.8 Å². The van der Waals surface area contributed by atoms with Gasteiger partial charge in [-0.3, -0.25) is 9.69 Å². The highest BCUT2D eigenvalue weighted by molar-refractivity contribution is 7.99. The zero-order valence-corrected chi connectivity index (χ0v) is 15.9. The van der Waals surface area contributed by atoms with Gasteiger partial charge in [0.05, 0.1) is 19.3 Å². The molecule has 4 rings (SSSR count). The molecule has 2 aromatic carbocycles. The Morgan fingerprint density at radius 2 is 1.88 bits per heavy atom. The molecule has 1 unspecified atom stereocenters. The molecule has 2 aliphatic rings. The molecular formula is C21H26N2O2S. The molecule has 0 spiro atoms. The normalized spacial score (nSPS) is 22.3. The van der Waals surface area contributed by atoms with Crippen LogP contribution >= 0.6 is 11.8 Å². The maximum atomic E-state index is 13.3. The Labute approximate surface area is 159 Å². The smallest absolute Gasteiger partial charge is 0.254 e. The summed E-state index contributed by atoms with van der Waals surface area (Å²) in [5.74, 6) is 2.34. The molecule has 2 saturated heterocycles. The molecular weight excluding hydrogens is 344 g/mol. The summed E-state index contributed by atoms with van der Waals surface area (Å²) in [5, 5.41) is 2.31. The molecule has 1 amide bonds. The quantitative estimate of drug-likeness (QED) is 0.831. The molecule has 1 atom stereocenters. The van der Waals surface area contributed by atoms with Gasteiger partial charge in [0.1, 0.15) is 0 Å². The van der Waals surface area contributed by atoms with Gasteiger partial charge in [-0.15, -0.1) is 0 Å². The van der Waals surface area contributed by atoms with E-state index in [1.165, 1.54) is 5.39 Å². The average molecular weight is 371 g/mol. The van der Waals surface area contributed by atoms with Crippen molar-refractivity contribution in [3.8, 4) is 0 Å². The lowest BCUT2D eigenvalue weighted by Gasteiger charge is -2.35. The third-order valence-electron chi connectivity index (χ3n) is 5.27. The summed E-state index contributed by atoms with van der Waals surface area (Å²) in [6.45, 7) is 5.36. The Hall–Kier alpha value is -1.56. The van der Waals surface area contributed by atoms with Crippen LogP contribution in [0.3, 0.4) is 0 Å². The van der Waals surface area contributed by atoms with Gasteiger partial charge < -0.3 is 9.64 Å². The van der Waals surface area contributed by atoms with Crippen LogP contribution in [0.15, 0.2) is 42.5 Å². The first kappa shape index (κ1) is 17.8.